The van der Waals surface area contributed by atoms with E-state index >= 15 is 0 Å². The van der Waals surface area contributed by atoms with Crippen LogP contribution in [-0.2, 0) is 0 Å². The molecule has 2 aromatic heterocycles. The molecule has 0 unspecified atom stereocenters. The molecular formula is C36H26N4O2. The van der Waals surface area contributed by atoms with Gasteiger partial charge in [-0.05, 0) is 84.6 Å². The largest absolute Gasteiger partial charge is 0.416 e. The lowest BCUT2D eigenvalue weighted by Crippen LogP contribution is -1.86. The van der Waals surface area contributed by atoms with Crippen LogP contribution in [0.5, 0.6) is 0 Å². The van der Waals surface area contributed by atoms with E-state index in [-0.39, 0.29) is 0 Å². The number of benzene rings is 5. The van der Waals surface area contributed by atoms with Gasteiger partial charge in [-0.2, -0.15) is 0 Å². The highest BCUT2D eigenvalue weighted by atomic mass is 16.4. The minimum absolute atomic E-state index is 0.493. The summed E-state index contributed by atoms with van der Waals surface area (Å²) < 4.78 is 11.9. The van der Waals surface area contributed by atoms with Crippen LogP contribution in [0.2, 0.25) is 0 Å². The molecular weight excluding hydrogens is 520 g/mol. The third kappa shape index (κ3) is 5.02. The van der Waals surface area contributed by atoms with Crippen molar-refractivity contribution in [2.45, 2.75) is 13.8 Å². The third-order valence-corrected chi connectivity index (χ3v) is 7.26. The zero-order valence-electron chi connectivity index (χ0n) is 23.2. The number of hydrogen-bond acceptors (Lipinski definition) is 6. The predicted molar refractivity (Wildman–Crippen MR) is 164 cm³/mol. The second-order valence-corrected chi connectivity index (χ2v) is 10.3. The van der Waals surface area contributed by atoms with Gasteiger partial charge < -0.3 is 8.83 Å². The van der Waals surface area contributed by atoms with Crippen LogP contribution in [0.15, 0.2) is 130 Å². The summed E-state index contributed by atoms with van der Waals surface area (Å²) in [7, 11) is 0. The van der Waals surface area contributed by atoms with Crippen LogP contribution >= 0.6 is 0 Å². The number of nitrogens with zero attached hydrogens (tertiary/aromatic N) is 4. The highest BCUT2D eigenvalue weighted by Crippen LogP contribution is 2.35. The van der Waals surface area contributed by atoms with Gasteiger partial charge in [-0.1, -0.05) is 83.9 Å². The van der Waals surface area contributed by atoms with Crippen LogP contribution in [0.1, 0.15) is 11.1 Å². The van der Waals surface area contributed by atoms with E-state index in [0.29, 0.717) is 23.6 Å². The fraction of sp³-hybridized carbons (Fsp3) is 0.0556. The fourth-order valence-corrected chi connectivity index (χ4v) is 4.88. The molecule has 0 N–H and O–H groups in total. The normalized spacial score (nSPS) is 11.1. The van der Waals surface area contributed by atoms with Gasteiger partial charge in [0.15, 0.2) is 0 Å². The summed E-state index contributed by atoms with van der Waals surface area (Å²) in [5, 5.41) is 17.0. The molecule has 7 rings (SSSR count). The lowest BCUT2D eigenvalue weighted by Gasteiger charge is -2.11. The number of aromatic nitrogens is 4. The highest BCUT2D eigenvalue weighted by molar-refractivity contribution is 5.84. The maximum atomic E-state index is 5.97. The minimum Gasteiger partial charge on any atom is -0.416 e. The van der Waals surface area contributed by atoms with Crippen LogP contribution in [0.25, 0.3) is 68.1 Å². The van der Waals surface area contributed by atoms with Gasteiger partial charge in [-0.25, -0.2) is 0 Å². The van der Waals surface area contributed by atoms with Crippen molar-refractivity contribution in [3.05, 3.63) is 132 Å². The summed E-state index contributed by atoms with van der Waals surface area (Å²) in [5.41, 5.74) is 10.4. The van der Waals surface area contributed by atoms with Gasteiger partial charge in [0.05, 0.1) is 0 Å². The van der Waals surface area contributed by atoms with Crippen LogP contribution in [0.4, 0.5) is 0 Å². The Kier molecular flexibility index (Phi) is 6.49. The van der Waals surface area contributed by atoms with Crippen LogP contribution in [-0.4, -0.2) is 20.4 Å². The molecule has 0 aliphatic rings. The maximum Gasteiger partial charge on any atom is 0.248 e. The van der Waals surface area contributed by atoms with Crippen molar-refractivity contribution in [2.75, 3.05) is 0 Å². The Hall–Kier alpha value is -5.62. The molecule has 7 aromatic rings. The van der Waals surface area contributed by atoms with Crippen LogP contribution < -0.4 is 0 Å². The number of hydrogen-bond donors (Lipinski definition) is 0. The highest BCUT2D eigenvalue weighted by Gasteiger charge is 2.14. The Labute approximate surface area is 243 Å². The van der Waals surface area contributed by atoms with Crippen LogP contribution in [0, 0.1) is 13.8 Å². The summed E-state index contributed by atoms with van der Waals surface area (Å²) in [5.74, 6) is 2.00. The Morgan fingerprint density at radius 1 is 0.333 bits per heavy atom. The molecule has 0 radical (unpaired) electrons. The van der Waals surface area contributed by atoms with Gasteiger partial charge in [-0.3, -0.25) is 0 Å². The van der Waals surface area contributed by atoms with Crippen molar-refractivity contribution < 1.29 is 8.83 Å². The second kappa shape index (κ2) is 10.7. The van der Waals surface area contributed by atoms with Gasteiger partial charge >= 0.3 is 0 Å². The summed E-state index contributed by atoms with van der Waals surface area (Å²) >= 11 is 0. The molecule has 5 aromatic carbocycles. The molecule has 2 heterocycles. The van der Waals surface area contributed by atoms with Gasteiger partial charge in [0, 0.05) is 22.3 Å². The van der Waals surface area contributed by atoms with Crippen molar-refractivity contribution in [2.24, 2.45) is 0 Å². The number of aryl methyl sites for hydroxylation is 2. The monoisotopic (exact) mass is 546 g/mol. The van der Waals surface area contributed by atoms with Crippen molar-refractivity contribution in [3.8, 4) is 68.1 Å². The Balaban J connectivity index is 1.12. The van der Waals surface area contributed by atoms with Gasteiger partial charge in [0.1, 0.15) is 0 Å². The molecule has 0 aliphatic carbocycles. The van der Waals surface area contributed by atoms with Crippen molar-refractivity contribution in [1.82, 2.24) is 20.4 Å². The molecule has 0 aliphatic heterocycles. The van der Waals surface area contributed by atoms with Crippen molar-refractivity contribution in [3.63, 3.8) is 0 Å². The van der Waals surface area contributed by atoms with E-state index in [2.05, 4.69) is 82.8 Å². The fourth-order valence-electron chi connectivity index (χ4n) is 4.88. The molecule has 0 spiro atoms. The summed E-state index contributed by atoms with van der Waals surface area (Å²) in [4.78, 5) is 0. The quantitative estimate of drug-likeness (QED) is 0.207. The molecule has 6 heteroatoms. The summed E-state index contributed by atoms with van der Waals surface area (Å²) in [6.45, 7) is 4.10. The van der Waals surface area contributed by atoms with E-state index in [0.717, 1.165) is 44.5 Å². The SMILES string of the molecule is Cc1ccc(-c2nnc(-c3ccc(-c4ccccc4-c4ccc(-c5nnc(-c6ccc(C)cc6)o5)cc4)cc3)o2)cc1. The Morgan fingerprint density at radius 2 is 0.595 bits per heavy atom. The molecule has 0 saturated carbocycles. The molecule has 0 fully saturated rings. The third-order valence-electron chi connectivity index (χ3n) is 7.26. The van der Waals surface area contributed by atoms with E-state index < -0.39 is 0 Å². The first-order valence-corrected chi connectivity index (χ1v) is 13.7. The second-order valence-electron chi connectivity index (χ2n) is 10.3. The van der Waals surface area contributed by atoms with Crippen LogP contribution in [0.3, 0.4) is 0 Å². The lowest BCUT2D eigenvalue weighted by molar-refractivity contribution is 0.584. The zero-order chi connectivity index (χ0) is 28.5. The molecule has 202 valence electrons. The average molecular weight is 547 g/mol. The zero-order valence-corrected chi connectivity index (χ0v) is 23.2. The Morgan fingerprint density at radius 3 is 0.905 bits per heavy atom. The Bertz CT molecular complexity index is 1820. The standard InChI is InChI=1S/C36H26N4O2/c1-23-7-11-27(12-8-23)33-37-39-35(41-33)29-19-15-25(16-20-29)31-5-3-4-6-32(31)26-17-21-30(22-18-26)36-40-38-34(42-36)28-13-9-24(2)10-14-28/h3-22H,1-2H3. The van der Waals surface area contributed by atoms with Gasteiger partial charge in [-0.15, -0.1) is 20.4 Å². The van der Waals surface area contributed by atoms with Gasteiger partial charge in [0.25, 0.3) is 0 Å². The van der Waals surface area contributed by atoms with E-state index in [4.69, 9.17) is 8.83 Å². The molecule has 0 amide bonds. The van der Waals surface area contributed by atoms with E-state index in [1.165, 1.54) is 11.1 Å². The minimum atomic E-state index is 0.493. The molecule has 6 nitrogen and oxygen atoms in total. The van der Waals surface area contributed by atoms with E-state index in [9.17, 15) is 0 Å². The predicted octanol–water partition coefficient (Wildman–Crippen LogP) is 9.07. The maximum absolute atomic E-state index is 5.97. The van der Waals surface area contributed by atoms with E-state index in [1.54, 1.807) is 0 Å². The molecule has 0 atom stereocenters. The first-order chi connectivity index (χ1) is 20.6. The molecule has 42 heavy (non-hydrogen) atoms. The lowest BCUT2D eigenvalue weighted by atomic mass is 9.93. The number of rotatable bonds is 6. The average Bonchev–Trinajstić information content (AvgIpc) is 3.73. The smallest absolute Gasteiger partial charge is 0.248 e. The molecule has 0 saturated heterocycles. The van der Waals surface area contributed by atoms with Crippen molar-refractivity contribution in [1.29, 1.82) is 0 Å². The van der Waals surface area contributed by atoms with Gasteiger partial charge in [0.2, 0.25) is 23.6 Å². The first-order valence-electron chi connectivity index (χ1n) is 13.7. The topological polar surface area (TPSA) is 77.8 Å². The summed E-state index contributed by atoms with van der Waals surface area (Å²) in [6, 6.07) is 40.9. The van der Waals surface area contributed by atoms with E-state index in [1.807, 2.05) is 72.8 Å². The summed E-state index contributed by atoms with van der Waals surface area (Å²) in [6.07, 6.45) is 0. The first kappa shape index (κ1) is 25.4. The molecule has 0 bridgehead atoms. The van der Waals surface area contributed by atoms with Crippen molar-refractivity contribution >= 4 is 0 Å².